The molecule has 0 fully saturated rings. The summed E-state index contributed by atoms with van der Waals surface area (Å²) < 4.78 is 1.62. The van der Waals surface area contributed by atoms with Crippen molar-refractivity contribution in [3.05, 3.63) is 9.15 Å². The van der Waals surface area contributed by atoms with Crippen molar-refractivity contribution in [2.75, 3.05) is 0 Å². The minimum atomic E-state index is 0.445. The fourth-order valence-electron chi connectivity index (χ4n) is 1.94. The zero-order chi connectivity index (χ0) is 9.90. The van der Waals surface area contributed by atoms with Gasteiger partial charge >= 0.3 is 0 Å². The average molecular weight is 292 g/mol. The van der Waals surface area contributed by atoms with E-state index in [2.05, 4.69) is 43.4 Å². The molecule has 0 spiro atoms. The van der Waals surface area contributed by atoms with E-state index in [0.29, 0.717) is 5.41 Å². The predicted octanol–water partition coefficient (Wildman–Crippen LogP) is 5.08. The molecule has 0 saturated heterocycles. The molecule has 1 heteroatoms. The van der Waals surface area contributed by atoms with Crippen LogP contribution in [0, 0.1) is 5.41 Å². The van der Waals surface area contributed by atoms with Crippen LogP contribution in [0.4, 0.5) is 0 Å². The van der Waals surface area contributed by atoms with Crippen LogP contribution in [-0.2, 0) is 0 Å². The molecule has 0 aromatic rings. The molecule has 0 saturated carbocycles. The van der Waals surface area contributed by atoms with Gasteiger partial charge in [-0.05, 0) is 57.8 Å². The zero-order valence-electron chi connectivity index (χ0n) is 9.12. The second-order valence-corrected chi connectivity index (χ2v) is 6.13. The summed E-state index contributed by atoms with van der Waals surface area (Å²) in [4.78, 5) is 0. The molecule has 0 amide bonds. The van der Waals surface area contributed by atoms with E-state index < -0.39 is 0 Å². The van der Waals surface area contributed by atoms with Crippen LogP contribution in [-0.4, -0.2) is 0 Å². The quantitative estimate of drug-likeness (QED) is 0.546. The summed E-state index contributed by atoms with van der Waals surface area (Å²) in [6.45, 7) is 7.12. The molecule has 0 aliphatic heterocycles. The van der Waals surface area contributed by atoms with E-state index in [1.165, 1.54) is 38.5 Å². The molecule has 1 rings (SSSR count). The van der Waals surface area contributed by atoms with Crippen LogP contribution in [0.15, 0.2) is 9.15 Å². The summed E-state index contributed by atoms with van der Waals surface area (Å²) in [6, 6.07) is 0. The van der Waals surface area contributed by atoms with E-state index in [0.717, 1.165) is 0 Å². The third-order valence-electron chi connectivity index (χ3n) is 3.37. The van der Waals surface area contributed by atoms with E-state index >= 15 is 0 Å². The highest BCUT2D eigenvalue weighted by atomic mass is 127. The van der Waals surface area contributed by atoms with Crippen molar-refractivity contribution in [2.45, 2.75) is 59.3 Å². The van der Waals surface area contributed by atoms with E-state index in [9.17, 15) is 0 Å². The molecule has 13 heavy (non-hydrogen) atoms. The predicted molar refractivity (Wildman–Crippen MR) is 68.2 cm³/mol. The van der Waals surface area contributed by atoms with Crippen LogP contribution in [0.3, 0.4) is 0 Å². The summed E-state index contributed by atoms with van der Waals surface area (Å²) in [5.74, 6) is 0. The largest absolute Gasteiger partial charge is 0.0584 e. The molecule has 0 atom stereocenters. The topological polar surface area (TPSA) is 0 Å². The van der Waals surface area contributed by atoms with Crippen LogP contribution in [0.25, 0.3) is 0 Å². The lowest BCUT2D eigenvalue weighted by atomic mass is 9.80. The molecular weight excluding hydrogens is 271 g/mol. The first kappa shape index (κ1) is 11.5. The van der Waals surface area contributed by atoms with Crippen LogP contribution in [0.2, 0.25) is 0 Å². The molecule has 0 heterocycles. The van der Waals surface area contributed by atoms with Gasteiger partial charge in [0, 0.05) is 0 Å². The highest BCUT2D eigenvalue weighted by Gasteiger charge is 2.22. The van der Waals surface area contributed by atoms with Crippen molar-refractivity contribution in [2.24, 2.45) is 5.41 Å². The molecule has 0 aromatic heterocycles. The molecule has 0 bridgehead atoms. The number of hydrogen-bond acceptors (Lipinski definition) is 0. The molecule has 0 aromatic carbocycles. The Balaban J connectivity index is 2.80. The normalized spacial score (nSPS) is 24.9. The van der Waals surface area contributed by atoms with Crippen molar-refractivity contribution in [3.63, 3.8) is 0 Å². The summed E-state index contributed by atoms with van der Waals surface area (Å²) >= 11 is 2.55. The van der Waals surface area contributed by atoms with Crippen molar-refractivity contribution < 1.29 is 0 Å². The highest BCUT2D eigenvalue weighted by Crippen LogP contribution is 2.38. The van der Waals surface area contributed by atoms with Crippen LogP contribution < -0.4 is 0 Å². The van der Waals surface area contributed by atoms with Gasteiger partial charge in [0.25, 0.3) is 0 Å². The Morgan fingerprint density at radius 2 is 1.69 bits per heavy atom. The average Bonchev–Trinajstić information content (AvgIpc) is 2.12. The van der Waals surface area contributed by atoms with Gasteiger partial charge in [-0.3, -0.25) is 0 Å². The van der Waals surface area contributed by atoms with Gasteiger partial charge in [0.15, 0.2) is 0 Å². The van der Waals surface area contributed by atoms with Crippen molar-refractivity contribution in [1.29, 1.82) is 0 Å². The second kappa shape index (κ2) is 4.81. The monoisotopic (exact) mass is 292 g/mol. The Labute approximate surface area is 96.3 Å². The number of hydrogen-bond donors (Lipinski definition) is 0. The maximum Gasteiger partial charge on any atom is -0.00994 e. The molecule has 0 N–H and O–H groups in total. The van der Waals surface area contributed by atoms with Gasteiger partial charge in [0.1, 0.15) is 0 Å². The Morgan fingerprint density at radius 1 is 1.08 bits per heavy atom. The van der Waals surface area contributed by atoms with Crippen LogP contribution >= 0.6 is 22.6 Å². The fraction of sp³-hybridized carbons (Fsp3) is 0.833. The third-order valence-corrected chi connectivity index (χ3v) is 4.72. The number of rotatable bonds is 0. The third kappa shape index (κ3) is 3.26. The van der Waals surface area contributed by atoms with Gasteiger partial charge in [-0.25, -0.2) is 0 Å². The summed E-state index contributed by atoms with van der Waals surface area (Å²) in [5.41, 5.74) is 2.08. The molecule has 0 nitrogen and oxygen atoms in total. The molecule has 76 valence electrons. The lowest BCUT2D eigenvalue weighted by molar-refractivity contribution is 0.388. The van der Waals surface area contributed by atoms with E-state index in [1.807, 2.05) is 0 Å². The van der Waals surface area contributed by atoms with Crippen molar-refractivity contribution in [1.82, 2.24) is 0 Å². The maximum atomic E-state index is 2.55. The Hall–Kier alpha value is 0.470. The first-order valence-corrected chi connectivity index (χ1v) is 6.47. The van der Waals surface area contributed by atoms with Crippen LogP contribution in [0.5, 0.6) is 0 Å². The Morgan fingerprint density at radius 3 is 2.38 bits per heavy atom. The van der Waals surface area contributed by atoms with Crippen molar-refractivity contribution >= 4 is 22.6 Å². The van der Waals surface area contributed by atoms with Gasteiger partial charge in [-0.1, -0.05) is 38.7 Å². The SMILES string of the molecule is CC1=C(I)CCCCCCC1(C)C. The molecule has 1 aliphatic carbocycles. The van der Waals surface area contributed by atoms with E-state index in [1.54, 1.807) is 9.15 Å². The van der Waals surface area contributed by atoms with Crippen molar-refractivity contribution in [3.8, 4) is 0 Å². The standard InChI is InChI=1S/C12H21I/c1-10-11(13)8-6-4-5-7-9-12(10,2)3/h4-9H2,1-3H3. The minimum absolute atomic E-state index is 0.445. The number of halogens is 1. The molecule has 0 radical (unpaired) electrons. The minimum Gasteiger partial charge on any atom is -0.0584 e. The van der Waals surface area contributed by atoms with E-state index in [4.69, 9.17) is 0 Å². The molecule has 1 aliphatic rings. The van der Waals surface area contributed by atoms with Gasteiger partial charge in [0.05, 0.1) is 0 Å². The van der Waals surface area contributed by atoms with E-state index in [-0.39, 0.29) is 0 Å². The molecular formula is C12H21I. The highest BCUT2D eigenvalue weighted by molar-refractivity contribution is 14.1. The van der Waals surface area contributed by atoms with Gasteiger partial charge < -0.3 is 0 Å². The zero-order valence-corrected chi connectivity index (χ0v) is 11.3. The van der Waals surface area contributed by atoms with Crippen LogP contribution in [0.1, 0.15) is 59.3 Å². The first-order chi connectivity index (χ1) is 6.04. The lowest BCUT2D eigenvalue weighted by Crippen LogP contribution is -2.13. The van der Waals surface area contributed by atoms with Gasteiger partial charge in [-0.15, -0.1) is 0 Å². The van der Waals surface area contributed by atoms with Gasteiger partial charge in [0.2, 0.25) is 0 Å². The Bertz CT molecular complexity index is 201. The first-order valence-electron chi connectivity index (χ1n) is 5.40. The summed E-state index contributed by atoms with van der Waals surface area (Å²) in [7, 11) is 0. The van der Waals surface area contributed by atoms with Gasteiger partial charge in [-0.2, -0.15) is 0 Å². The smallest absolute Gasteiger partial charge is 0.00994 e. The maximum absolute atomic E-state index is 2.55. The lowest BCUT2D eigenvalue weighted by Gasteiger charge is -2.26. The molecule has 0 unspecified atom stereocenters. The Kier molecular flexibility index (Phi) is 4.27. The summed E-state index contributed by atoms with van der Waals surface area (Å²) in [5, 5.41) is 0. The second-order valence-electron chi connectivity index (χ2n) is 4.83. The summed E-state index contributed by atoms with van der Waals surface area (Å²) in [6.07, 6.45) is 8.34. The number of allylic oxidation sites excluding steroid dienone is 2. The fourth-order valence-corrected chi connectivity index (χ4v) is 3.05.